The zero-order valence-corrected chi connectivity index (χ0v) is 16.7. The Bertz CT molecular complexity index is 733. The maximum atomic E-state index is 12.3. The fourth-order valence-electron chi connectivity index (χ4n) is 3.49. The molecule has 1 fully saturated rings. The summed E-state index contributed by atoms with van der Waals surface area (Å²) in [4.78, 5) is 12.3. The van der Waals surface area contributed by atoms with Gasteiger partial charge in [0.2, 0.25) is 5.91 Å². The van der Waals surface area contributed by atoms with Gasteiger partial charge in [-0.1, -0.05) is 57.0 Å². The SMILES string of the molecule is Cc1nnc(SCC(=O)Nc2ccc(C(C)C)cc2)n1C1CCCCC1. The Morgan fingerprint density at radius 2 is 1.88 bits per heavy atom. The average molecular weight is 373 g/mol. The minimum Gasteiger partial charge on any atom is -0.325 e. The van der Waals surface area contributed by atoms with Crippen molar-refractivity contribution in [3.8, 4) is 0 Å². The topological polar surface area (TPSA) is 59.8 Å². The molecule has 0 bridgehead atoms. The standard InChI is InChI=1S/C20H28N4OS/c1-14(2)16-9-11-17(12-10-16)21-19(25)13-26-20-23-22-15(3)24(20)18-7-5-4-6-8-18/h9-12,14,18H,4-8,13H2,1-3H3,(H,21,25). The lowest BCUT2D eigenvalue weighted by atomic mass is 9.95. The lowest BCUT2D eigenvalue weighted by Crippen LogP contribution is -2.17. The molecule has 1 aromatic carbocycles. The average Bonchev–Trinajstić information content (AvgIpc) is 3.02. The van der Waals surface area contributed by atoms with Gasteiger partial charge in [-0.15, -0.1) is 10.2 Å². The molecule has 5 nitrogen and oxygen atoms in total. The molecule has 2 aromatic rings. The zero-order chi connectivity index (χ0) is 18.5. The molecule has 1 amide bonds. The molecule has 140 valence electrons. The molecule has 1 aromatic heterocycles. The Morgan fingerprint density at radius 1 is 1.19 bits per heavy atom. The van der Waals surface area contributed by atoms with Crippen molar-refractivity contribution in [2.24, 2.45) is 0 Å². The van der Waals surface area contributed by atoms with Crippen LogP contribution in [0.25, 0.3) is 0 Å². The Balaban J connectivity index is 1.58. The predicted molar refractivity (Wildman–Crippen MR) is 107 cm³/mol. The van der Waals surface area contributed by atoms with Gasteiger partial charge in [0.1, 0.15) is 5.82 Å². The van der Waals surface area contributed by atoms with Crippen molar-refractivity contribution in [3.63, 3.8) is 0 Å². The molecule has 3 rings (SSSR count). The Hall–Kier alpha value is -1.82. The highest BCUT2D eigenvalue weighted by Gasteiger charge is 2.21. The molecule has 0 atom stereocenters. The largest absolute Gasteiger partial charge is 0.325 e. The number of thioether (sulfide) groups is 1. The van der Waals surface area contributed by atoms with Crippen molar-refractivity contribution >= 4 is 23.4 Å². The first-order valence-electron chi connectivity index (χ1n) is 9.48. The number of carbonyl (C=O) groups excluding carboxylic acids is 1. The summed E-state index contributed by atoms with van der Waals surface area (Å²) in [6, 6.07) is 8.54. The Kier molecular flexibility index (Phi) is 6.35. The van der Waals surface area contributed by atoms with E-state index in [-0.39, 0.29) is 5.91 Å². The highest BCUT2D eigenvalue weighted by molar-refractivity contribution is 7.99. The van der Waals surface area contributed by atoms with Crippen LogP contribution in [0.3, 0.4) is 0 Å². The Morgan fingerprint density at radius 3 is 2.54 bits per heavy atom. The van der Waals surface area contributed by atoms with E-state index in [9.17, 15) is 4.79 Å². The lowest BCUT2D eigenvalue weighted by molar-refractivity contribution is -0.113. The summed E-state index contributed by atoms with van der Waals surface area (Å²) in [6.45, 7) is 6.32. The third-order valence-electron chi connectivity index (χ3n) is 4.97. The van der Waals surface area contributed by atoms with Gasteiger partial charge in [-0.2, -0.15) is 0 Å². The third kappa shape index (κ3) is 4.67. The summed E-state index contributed by atoms with van der Waals surface area (Å²) < 4.78 is 2.23. The van der Waals surface area contributed by atoms with E-state index in [0.29, 0.717) is 17.7 Å². The quantitative estimate of drug-likeness (QED) is 0.729. The molecule has 0 saturated heterocycles. The van der Waals surface area contributed by atoms with Crippen LogP contribution in [-0.4, -0.2) is 26.4 Å². The summed E-state index contributed by atoms with van der Waals surface area (Å²) in [5.74, 6) is 1.77. The van der Waals surface area contributed by atoms with E-state index in [1.165, 1.54) is 49.4 Å². The van der Waals surface area contributed by atoms with E-state index >= 15 is 0 Å². The van der Waals surface area contributed by atoms with E-state index in [4.69, 9.17) is 0 Å². The number of amides is 1. The van der Waals surface area contributed by atoms with Crippen LogP contribution in [0, 0.1) is 6.92 Å². The fourth-order valence-corrected chi connectivity index (χ4v) is 4.34. The van der Waals surface area contributed by atoms with E-state index in [1.54, 1.807) is 0 Å². The number of hydrogen-bond acceptors (Lipinski definition) is 4. The van der Waals surface area contributed by atoms with Crippen LogP contribution in [0.15, 0.2) is 29.4 Å². The maximum Gasteiger partial charge on any atom is 0.234 e. The lowest BCUT2D eigenvalue weighted by Gasteiger charge is -2.24. The van der Waals surface area contributed by atoms with Crippen molar-refractivity contribution in [2.45, 2.75) is 70.0 Å². The summed E-state index contributed by atoms with van der Waals surface area (Å²) in [5, 5.41) is 12.4. The first-order chi connectivity index (χ1) is 12.5. The minimum atomic E-state index is -0.0110. The molecule has 1 aliphatic rings. The number of nitrogens with one attached hydrogen (secondary N) is 1. The maximum absolute atomic E-state index is 12.3. The van der Waals surface area contributed by atoms with Gasteiger partial charge >= 0.3 is 0 Å². The molecule has 1 saturated carbocycles. The van der Waals surface area contributed by atoms with Crippen LogP contribution < -0.4 is 5.32 Å². The van der Waals surface area contributed by atoms with Crippen LogP contribution in [0.1, 0.15) is 69.3 Å². The second-order valence-electron chi connectivity index (χ2n) is 7.31. The second-order valence-corrected chi connectivity index (χ2v) is 8.25. The fraction of sp³-hybridized carbons (Fsp3) is 0.550. The number of rotatable bonds is 6. The number of anilines is 1. The van der Waals surface area contributed by atoms with Crippen LogP contribution in [0.2, 0.25) is 0 Å². The first-order valence-corrected chi connectivity index (χ1v) is 10.5. The van der Waals surface area contributed by atoms with Gasteiger partial charge < -0.3 is 9.88 Å². The van der Waals surface area contributed by atoms with E-state index in [2.05, 4.69) is 46.1 Å². The van der Waals surface area contributed by atoms with Gasteiger partial charge in [0.15, 0.2) is 5.16 Å². The molecule has 0 aliphatic heterocycles. The predicted octanol–water partition coefficient (Wildman–Crippen LogP) is 4.95. The van der Waals surface area contributed by atoms with Crippen molar-refractivity contribution in [1.29, 1.82) is 0 Å². The van der Waals surface area contributed by atoms with E-state index < -0.39 is 0 Å². The smallest absolute Gasteiger partial charge is 0.234 e. The number of benzene rings is 1. The summed E-state index contributed by atoms with van der Waals surface area (Å²) in [7, 11) is 0. The van der Waals surface area contributed by atoms with Crippen molar-refractivity contribution < 1.29 is 4.79 Å². The number of nitrogens with zero attached hydrogens (tertiary/aromatic N) is 3. The number of hydrogen-bond donors (Lipinski definition) is 1. The summed E-state index contributed by atoms with van der Waals surface area (Å²) in [5.41, 5.74) is 2.11. The molecule has 1 heterocycles. The molecule has 6 heteroatoms. The number of carbonyl (C=O) groups is 1. The highest BCUT2D eigenvalue weighted by Crippen LogP contribution is 2.32. The highest BCUT2D eigenvalue weighted by atomic mass is 32.2. The molecular formula is C20H28N4OS. The van der Waals surface area contributed by atoms with Crippen LogP contribution >= 0.6 is 11.8 Å². The van der Waals surface area contributed by atoms with Gasteiger partial charge in [0.05, 0.1) is 5.75 Å². The molecule has 0 spiro atoms. The minimum absolute atomic E-state index is 0.0110. The van der Waals surface area contributed by atoms with Crippen LogP contribution in [-0.2, 0) is 4.79 Å². The molecule has 1 aliphatic carbocycles. The van der Waals surface area contributed by atoms with E-state index in [1.807, 2.05) is 19.1 Å². The van der Waals surface area contributed by atoms with Gasteiger partial charge in [0.25, 0.3) is 0 Å². The van der Waals surface area contributed by atoms with Crippen LogP contribution in [0.5, 0.6) is 0 Å². The van der Waals surface area contributed by atoms with Crippen LogP contribution in [0.4, 0.5) is 5.69 Å². The number of aromatic nitrogens is 3. The first kappa shape index (κ1) is 19.0. The Labute approximate surface area is 160 Å². The molecule has 0 unspecified atom stereocenters. The van der Waals surface area contributed by atoms with Gasteiger partial charge in [-0.3, -0.25) is 4.79 Å². The van der Waals surface area contributed by atoms with Gasteiger partial charge in [0, 0.05) is 11.7 Å². The second kappa shape index (κ2) is 8.71. The van der Waals surface area contributed by atoms with Crippen molar-refractivity contribution in [1.82, 2.24) is 14.8 Å². The van der Waals surface area contributed by atoms with Crippen molar-refractivity contribution in [3.05, 3.63) is 35.7 Å². The van der Waals surface area contributed by atoms with Gasteiger partial charge in [-0.25, -0.2) is 0 Å². The van der Waals surface area contributed by atoms with Crippen molar-refractivity contribution in [2.75, 3.05) is 11.1 Å². The molecule has 26 heavy (non-hydrogen) atoms. The zero-order valence-electron chi connectivity index (χ0n) is 15.9. The summed E-state index contributed by atoms with van der Waals surface area (Å²) >= 11 is 1.47. The van der Waals surface area contributed by atoms with E-state index in [0.717, 1.165) is 16.7 Å². The monoisotopic (exact) mass is 372 g/mol. The molecule has 0 radical (unpaired) electrons. The number of aryl methyl sites for hydroxylation is 1. The van der Waals surface area contributed by atoms with Gasteiger partial charge in [-0.05, 0) is 43.4 Å². The summed E-state index contributed by atoms with van der Waals surface area (Å²) in [6.07, 6.45) is 6.21. The third-order valence-corrected chi connectivity index (χ3v) is 5.91. The molecule has 1 N–H and O–H groups in total. The molecular weight excluding hydrogens is 344 g/mol. The normalized spacial score (nSPS) is 15.4.